The number of nitrogens with zero attached hydrogens (tertiary/aromatic N) is 1. The number of aryl methyl sites for hydroxylation is 1. The molecular formula is C13H22ClN3O. The Morgan fingerprint density at radius 1 is 1.44 bits per heavy atom. The zero-order chi connectivity index (χ0) is 12.8. The quantitative estimate of drug-likeness (QED) is 0.836. The van der Waals surface area contributed by atoms with Crippen LogP contribution in [-0.4, -0.2) is 29.2 Å². The van der Waals surface area contributed by atoms with Crippen LogP contribution < -0.4 is 5.32 Å². The van der Waals surface area contributed by atoms with Crippen molar-refractivity contribution in [2.24, 2.45) is 0 Å². The summed E-state index contributed by atoms with van der Waals surface area (Å²) in [7, 11) is 0. The van der Waals surface area contributed by atoms with E-state index in [0.29, 0.717) is 11.2 Å². The van der Waals surface area contributed by atoms with Gasteiger partial charge in [0.1, 0.15) is 5.82 Å². The number of hydrogen-bond acceptors (Lipinski definition) is 3. The highest BCUT2D eigenvalue weighted by Gasteiger charge is 2.14. The minimum absolute atomic E-state index is 0.539. The van der Waals surface area contributed by atoms with Gasteiger partial charge in [0.15, 0.2) is 5.15 Å². The summed E-state index contributed by atoms with van der Waals surface area (Å²) in [5.74, 6) is 1.01. The van der Waals surface area contributed by atoms with Crippen LogP contribution in [0.25, 0.3) is 0 Å². The molecule has 0 aromatic carbocycles. The number of ether oxygens (including phenoxy) is 1. The monoisotopic (exact) mass is 271 g/mol. The van der Waals surface area contributed by atoms with Crippen molar-refractivity contribution in [3.05, 3.63) is 16.7 Å². The first-order valence-corrected chi connectivity index (χ1v) is 7.21. The van der Waals surface area contributed by atoms with E-state index in [1.807, 2.05) is 0 Å². The van der Waals surface area contributed by atoms with Crippen molar-refractivity contribution in [1.29, 1.82) is 0 Å². The Balaban J connectivity index is 1.82. The third-order valence-electron chi connectivity index (χ3n) is 3.33. The molecule has 0 spiro atoms. The van der Waals surface area contributed by atoms with Gasteiger partial charge in [-0.15, -0.1) is 0 Å². The lowest BCUT2D eigenvalue weighted by Crippen LogP contribution is -2.34. The molecular weight excluding hydrogens is 250 g/mol. The Kier molecular flexibility index (Phi) is 5.47. The molecule has 1 aliphatic heterocycles. The van der Waals surface area contributed by atoms with Gasteiger partial charge in [-0.05, 0) is 19.3 Å². The summed E-state index contributed by atoms with van der Waals surface area (Å²) >= 11 is 6.13. The lowest BCUT2D eigenvalue weighted by atomic mass is 10.1. The summed E-state index contributed by atoms with van der Waals surface area (Å²) in [5, 5.41) is 4.12. The van der Waals surface area contributed by atoms with E-state index >= 15 is 0 Å². The zero-order valence-electron chi connectivity index (χ0n) is 11.0. The minimum Gasteiger partial charge on any atom is -0.381 e. The topological polar surface area (TPSA) is 49.9 Å². The van der Waals surface area contributed by atoms with Crippen molar-refractivity contribution >= 4 is 11.6 Å². The molecule has 4 nitrogen and oxygen atoms in total. The maximum atomic E-state index is 6.13. The number of unbranched alkanes of at least 4 members (excludes halogenated alkanes) is 1. The highest BCUT2D eigenvalue weighted by molar-refractivity contribution is 6.30. The fraction of sp³-hybridized carbons (Fsp3) is 0.769. The van der Waals surface area contributed by atoms with Gasteiger partial charge in [-0.25, -0.2) is 4.98 Å². The van der Waals surface area contributed by atoms with Gasteiger partial charge in [-0.2, -0.15) is 0 Å². The zero-order valence-corrected chi connectivity index (χ0v) is 11.7. The molecule has 1 aromatic rings. The van der Waals surface area contributed by atoms with Gasteiger partial charge in [0, 0.05) is 32.2 Å². The highest BCUT2D eigenvalue weighted by Crippen LogP contribution is 2.15. The number of imidazole rings is 1. The van der Waals surface area contributed by atoms with E-state index in [-0.39, 0.29) is 0 Å². The molecule has 2 heterocycles. The summed E-state index contributed by atoms with van der Waals surface area (Å²) in [6.45, 7) is 4.66. The molecule has 0 amide bonds. The molecule has 1 saturated heterocycles. The average Bonchev–Trinajstić information content (AvgIpc) is 2.76. The average molecular weight is 272 g/mol. The first kappa shape index (κ1) is 13.8. The predicted molar refractivity (Wildman–Crippen MR) is 72.9 cm³/mol. The van der Waals surface area contributed by atoms with Crippen molar-refractivity contribution < 1.29 is 4.74 Å². The number of halogens is 1. The molecule has 1 aromatic heterocycles. The SMILES string of the molecule is CCCCc1nc(Cl)c(CNC2CCOCC2)[nH]1. The number of nitrogens with one attached hydrogen (secondary N) is 2. The van der Waals surface area contributed by atoms with Gasteiger partial charge < -0.3 is 15.0 Å². The number of aromatic amines is 1. The Morgan fingerprint density at radius 3 is 2.94 bits per heavy atom. The number of rotatable bonds is 6. The molecule has 2 rings (SSSR count). The van der Waals surface area contributed by atoms with Crippen LogP contribution in [0, 0.1) is 0 Å². The van der Waals surface area contributed by atoms with Crippen LogP contribution in [0.2, 0.25) is 5.15 Å². The van der Waals surface area contributed by atoms with Crippen molar-refractivity contribution in [1.82, 2.24) is 15.3 Å². The second kappa shape index (κ2) is 7.12. The highest BCUT2D eigenvalue weighted by atomic mass is 35.5. The third-order valence-corrected chi connectivity index (χ3v) is 3.65. The van der Waals surface area contributed by atoms with E-state index in [2.05, 4.69) is 22.2 Å². The van der Waals surface area contributed by atoms with Gasteiger partial charge >= 0.3 is 0 Å². The molecule has 5 heteroatoms. The van der Waals surface area contributed by atoms with Crippen LogP contribution in [0.3, 0.4) is 0 Å². The van der Waals surface area contributed by atoms with Gasteiger partial charge in [0.2, 0.25) is 0 Å². The summed E-state index contributed by atoms with van der Waals surface area (Å²) in [4.78, 5) is 7.68. The predicted octanol–water partition coefficient (Wildman–Crippen LogP) is 2.67. The van der Waals surface area contributed by atoms with Crippen molar-refractivity contribution in [2.45, 2.75) is 51.6 Å². The second-order valence-corrected chi connectivity index (χ2v) is 5.18. The smallest absolute Gasteiger partial charge is 0.151 e. The fourth-order valence-electron chi connectivity index (χ4n) is 2.17. The number of H-pyrrole nitrogens is 1. The molecule has 0 saturated carbocycles. The van der Waals surface area contributed by atoms with Crippen LogP contribution in [0.1, 0.15) is 44.1 Å². The van der Waals surface area contributed by atoms with E-state index in [0.717, 1.165) is 57.0 Å². The van der Waals surface area contributed by atoms with Crippen LogP contribution in [0.15, 0.2) is 0 Å². The molecule has 0 bridgehead atoms. The van der Waals surface area contributed by atoms with E-state index in [9.17, 15) is 0 Å². The summed E-state index contributed by atoms with van der Waals surface area (Å²) < 4.78 is 5.34. The number of hydrogen-bond donors (Lipinski definition) is 2. The lowest BCUT2D eigenvalue weighted by Gasteiger charge is -2.22. The molecule has 0 atom stereocenters. The molecule has 102 valence electrons. The molecule has 18 heavy (non-hydrogen) atoms. The van der Waals surface area contributed by atoms with Crippen LogP contribution in [0.5, 0.6) is 0 Å². The summed E-state index contributed by atoms with van der Waals surface area (Å²) in [6, 6.07) is 0.539. The van der Waals surface area contributed by atoms with Gasteiger partial charge in [-0.3, -0.25) is 0 Å². The Labute approximate surface area is 113 Å². The third kappa shape index (κ3) is 3.97. The van der Waals surface area contributed by atoms with Crippen molar-refractivity contribution in [3.8, 4) is 0 Å². The normalized spacial score (nSPS) is 17.2. The largest absolute Gasteiger partial charge is 0.381 e. The summed E-state index contributed by atoms with van der Waals surface area (Å²) in [5.41, 5.74) is 1.01. The van der Waals surface area contributed by atoms with Gasteiger partial charge in [0.05, 0.1) is 5.69 Å². The van der Waals surface area contributed by atoms with Crippen molar-refractivity contribution in [3.63, 3.8) is 0 Å². The fourth-order valence-corrected chi connectivity index (χ4v) is 2.38. The Morgan fingerprint density at radius 2 is 2.22 bits per heavy atom. The van der Waals surface area contributed by atoms with E-state index in [4.69, 9.17) is 16.3 Å². The standard InChI is InChI=1S/C13H22ClN3O/c1-2-3-4-12-16-11(13(14)17-12)9-15-10-5-7-18-8-6-10/h10,15H,2-9H2,1H3,(H,16,17). The maximum Gasteiger partial charge on any atom is 0.151 e. The van der Waals surface area contributed by atoms with Gasteiger partial charge in [0.25, 0.3) is 0 Å². The van der Waals surface area contributed by atoms with Gasteiger partial charge in [-0.1, -0.05) is 24.9 Å². The second-order valence-electron chi connectivity index (χ2n) is 4.82. The molecule has 0 radical (unpaired) electrons. The minimum atomic E-state index is 0.539. The van der Waals surface area contributed by atoms with Crippen LogP contribution in [-0.2, 0) is 17.7 Å². The molecule has 0 unspecified atom stereocenters. The molecule has 1 aliphatic rings. The lowest BCUT2D eigenvalue weighted by molar-refractivity contribution is 0.0775. The molecule has 2 N–H and O–H groups in total. The first-order valence-electron chi connectivity index (χ1n) is 6.84. The van der Waals surface area contributed by atoms with E-state index < -0.39 is 0 Å². The van der Waals surface area contributed by atoms with E-state index in [1.165, 1.54) is 6.42 Å². The molecule has 0 aliphatic carbocycles. The van der Waals surface area contributed by atoms with E-state index in [1.54, 1.807) is 0 Å². The van der Waals surface area contributed by atoms with Crippen LogP contribution in [0.4, 0.5) is 0 Å². The first-order chi connectivity index (χ1) is 8.79. The van der Waals surface area contributed by atoms with Crippen molar-refractivity contribution in [2.75, 3.05) is 13.2 Å². The van der Waals surface area contributed by atoms with Crippen LogP contribution >= 0.6 is 11.6 Å². The Bertz CT molecular complexity index is 361. The maximum absolute atomic E-state index is 6.13. The summed E-state index contributed by atoms with van der Waals surface area (Å²) in [6.07, 6.45) is 5.46. The Hall–Kier alpha value is -0.580. The molecule has 1 fully saturated rings. The number of aromatic nitrogens is 2.